The van der Waals surface area contributed by atoms with E-state index in [1.807, 2.05) is 7.05 Å². The number of benzene rings is 1. The first kappa shape index (κ1) is 20.2. The van der Waals surface area contributed by atoms with Crippen molar-refractivity contribution >= 4 is 5.96 Å². The topological polar surface area (TPSA) is 42.9 Å². The van der Waals surface area contributed by atoms with Crippen LogP contribution in [0.15, 0.2) is 35.3 Å². The number of nitrogens with one attached hydrogen (secondary N) is 2. The summed E-state index contributed by atoms with van der Waals surface area (Å²) in [5, 5.41) is 7.18. The van der Waals surface area contributed by atoms with Crippen LogP contribution in [0.25, 0.3) is 0 Å². The molecule has 0 amide bonds. The summed E-state index contributed by atoms with van der Waals surface area (Å²) in [6, 6.07) is 11.4. The second kappa shape index (κ2) is 9.07. The van der Waals surface area contributed by atoms with Crippen molar-refractivity contribution in [2.45, 2.75) is 38.1 Å². The summed E-state index contributed by atoms with van der Waals surface area (Å²) < 4.78 is 0. The Kier molecular flexibility index (Phi) is 6.77. The number of hydrogen-bond acceptors (Lipinski definition) is 3. The Morgan fingerprint density at radius 3 is 2.30 bits per heavy atom. The Labute approximate surface area is 165 Å². The van der Waals surface area contributed by atoms with Crippen LogP contribution in [0.1, 0.15) is 32.3 Å². The van der Waals surface area contributed by atoms with Crippen LogP contribution in [-0.4, -0.2) is 75.2 Å². The average Bonchev–Trinajstić information content (AvgIpc) is 3.47. The van der Waals surface area contributed by atoms with Gasteiger partial charge in [0.25, 0.3) is 0 Å². The molecule has 1 atom stereocenters. The van der Waals surface area contributed by atoms with Gasteiger partial charge in [0.15, 0.2) is 5.96 Å². The first-order valence-corrected chi connectivity index (χ1v) is 10.5. The van der Waals surface area contributed by atoms with E-state index in [1.54, 1.807) is 0 Å². The number of guanidine groups is 1. The molecule has 1 aromatic rings. The second-order valence-electron chi connectivity index (χ2n) is 8.60. The van der Waals surface area contributed by atoms with Crippen molar-refractivity contribution in [3.8, 4) is 0 Å². The van der Waals surface area contributed by atoms with Crippen molar-refractivity contribution in [2.75, 3.05) is 53.4 Å². The zero-order chi connectivity index (χ0) is 19.3. The molecule has 1 unspecified atom stereocenters. The number of aliphatic imine (C=N–C) groups is 1. The van der Waals surface area contributed by atoms with E-state index in [0.717, 1.165) is 45.2 Å². The van der Waals surface area contributed by atoms with Crippen LogP contribution in [0, 0.1) is 5.92 Å². The van der Waals surface area contributed by atoms with Crippen LogP contribution in [-0.2, 0) is 5.41 Å². The second-order valence-corrected chi connectivity index (χ2v) is 8.60. The molecule has 27 heavy (non-hydrogen) atoms. The Hall–Kier alpha value is -1.59. The third-order valence-electron chi connectivity index (χ3n) is 6.31. The maximum absolute atomic E-state index is 4.47. The third kappa shape index (κ3) is 5.23. The number of piperazine rings is 1. The number of nitrogens with zero attached hydrogens (tertiary/aromatic N) is 3. The number of likely N-dealkylation sites (N-methyl/N-ethyl adjacent to an activating group) is 1. The molecule has 1 saturated heterocycles. The molecule has 1 aliphatic carbocycles. The van der Waals surface area contributed by atoms with Crippen molar-refractivity contribution in [1.82, 2.24) is 20.4 Å². The number of hydrogen-bond donors (Lipinski definition) is 2. The first-order chi connectivity index (χ1) is 13.0. The monoisotopic (exact) mass is 371 g/mol. The lowest BCUT2D eigenvalue weighted by molar-refractivity contribution is 0.0900. The Bertz CT molecular complexity index is 600. The highest BCUT2D eigenvalue weighted by atomic mass is 15.3. The fourth-order valence-electron chi connectivity index (χ4n) is 4.12. The predicted molar refractivity (Wildman–Crippen MR) is 114 cm³/mol. The first-order valence-electron chi connectivity index (χ1n) is 10.5. The van der Waals surface area contributed by atoms with Crippen molar-refractivity contribution < 1.29 is 0 Å². The van der Waals surface area contributed by atoms with Gasteiger partial charge in [0, 0.05) is 57.8 Å². The van der Waals surface area contributed by atoms with Crippen molar-refractivity contribution in [2.24, 2.45) is 10.9 Å². The standard InChI is InChI=1S/C22H37N5/c1-18(2)20(27-14-12-26(4)13-15-27)16-24-21(23-3)25-17-22(10-11-22)19-8-6-5-7-9-19/h5-9,18,20H,10-17H2,1-4H3,(H2,23,24,25). The Balaban J connectivity index is 1.51. The predicted octanol–water partition coefficient (Wildman–Crippen LogP) is 2.16. The van der Waals surface area contributed by atoms with Gasteiger partial charge in [-0.05, 0) is 31.4 Å². The summed E-state index contributed by atoms with van der Waals surface area (Å²) in [5.74, 6) is 1.55. The molecule has 2 N–H and O–H groups in total. The molecular formula is C22H37N5. The molecule has 150 valence electrons. The summed E-state index contributed by atoms with van der Waals surface area (Å²) in [6.45, 7) is 11.2. The molecule has 1 aliphatic heterocycles. The maximum Gasteiger partial charge on any atom is 0.191 e. The van der Waals surface area contributed by atoms with Gasteiger partial charge >= 0.3 is 0 Å². The van der Waals surface area contributed by atoms with Crippen molar-refractivity contribution in [1.29, 1.82) is 0 Å². The fraction of sp³-hybridized carbons (Fsp3) is 0.682. The highest BCUT2D eigenvalue weighted by Crippen LogP contribution is 2.47. The molecule has 1 saturated carbocycles. The molecule has 0 spiro atoms. The highest BCUT2D eigenvalue weighted by molar-refractivity contribution is 5.79. The zero-order valence-corrected chi connectivity index (χ0v) is 17.5. The average molecular weight is 372 g/mol. The minimum atomic E-state index is 0.299. The highest BCUT2D eigenvalue weighted by Gasteiger charge is 2.44. The van der Waals surface area contributed by atoms with E-state index < -0.39 is 0 Å². The van der Waals surface area contributed by atoms with Crippen LogP contribution in [0.3, 0.4) is 0 Å². The molecule has 0 radical (unpaired) electrons. The van der Waals surface area contributed by atoms with E-state index in [0.29, 0.717) is 17.4 Å². The summed E-state index contributed by atoms with van der Waals surface area (Å²) in [7, 11) is 4.09. The van der Waals surface area contributed by atoms with E-state index >= 15 is 0 Å². The normalized spacial score (nSPS) is 21.9. The smallest absolute Gasteiger partial charge is 0.191 e. The van der Waals surface area contributed by atoms with Gasteiger partial charge in [-0.1, -0.05) is 44.2 Å². The minimum absolute atomic E-state index is 0.299. The minimum Gasteiger partial charge on any atom is -0.356 e. The Morgan fingerprint density at radius 2 is 1.74 bits per heavy atom. The molecule has 0 aromatic heterocycles. The van der Waals surface area contributed by atoms with E-state index in [2.05, 4.69) is 76.7 Å². The molecule has 1 aromatic carbocycles. The zero-order valence-electron chi connectivity index (χ0n) is 17.5. The van der Waals surface area contributed by atoms with E-state index in [9.17, 15) is 0 Å². The van der Waals surface area contributed by atoms with Crippen LogP contribution in [0.4, 0.5) is 0 Å². The van der Waals surface area contributed by atoms with Crippen LogP contribution in [0.5, 0.6) is 0 Å². The molecule has 0 bridgehead atoms. The molecule has 3 rings (SSSR count). The molecule has 2 fully saturated rings. The molecular weight excluding hydrogens is 334 g/mol. The van der Waals surface area contributed by atoms with Gasteiger partial charge in [-0.25, -0.2) is 0 Å². The van der Waals surface area contributed by atoms with Gasteiger partial charge in [0.2, 0.25) is 0 Å². The SMILES string of the molecule is CN=C(NCC(C(C)C)N1CCN(C)CC1)NCC1(c2ccccc2)CC1. The van der Waals surface area contributed by atoms with Crippen molar-refractivity contribution in [3.63, 3.8) is 0 Å². The Morgan fingerprint density at radius 1 is 1.07 bits per heavy atom. The third-order valence-corrected chi connectivity index (χ3v) is 6.31. The lowest BCUT2D eigenvalue weighted by atomic mass is 9.96. The van der Waals surface area contributed by atoms with Crippen LogP contribution >= 0.6 is 0 Å². The van der Waals surface area contributed by atoms with Crippen molar-refractivity contribution in [3.05, 3.63) is 35.9 Å². The molecule has 2 aliphatic rings. The fourth-order valence-corrected chi connectivity index (χ4v) is 4.12. The summed E-state index contributed by atoms with van der Waals surface area (Å²) in [4.78, 5) is 9.52. The van der Waals surface area contributed by atoms with E-state index in [1.165, 1.54) is 18.4 Å². The quantitative estimate of drug-likeness (QED) is 0.569. The summed E-state index contributed by atoms with van der Waals surface area (Å²) >= 11 is 0. The lowest BCUT2D eigenvalue weighted by Gasteiger charge is -2.40. The lowest BCUT2D eigenvalue weighted by Crippen LogP contribution is -2.55. The summed E-state index contributed by atoms with van der Waals surface area (Å²) in [5.41, 5.74) is 1.75. The van der Waals surface area contributed by atoms with Gasteiger partial charge in [-0.15, -0.1) is 0 Å². The van der Waals surface area contributed by atoms with E-state index in [4.69, 9.17) is 0 Å². The van der Waals surface area contributed by atoms with Gasteiger partial charge in [-0.3, -0.25) is 9.89 Å². The van der Waals surface area contributed by atoms with Gasteiger partial charge in [-0.2, -0.15) is 0 Å². The molecule has 1 heterocycles. The van der Waals surface area contributed by atoms with Crippen LogP contribution in [0.2, 0.25) is 0 Å². The van der Waals surface area contributed by atoms with Gasteiger partial charge < -0.3 is 15.5 Å². The maximum atomic E-state index is 4.47. The molecule has 5 nitrogen and oxygen atoms in total. The largest absolute Gasteiger partial charge is 0.356 e. The summed E-state index contributed by atoms with van der Waals surface area (Å²) in [6.07, 6.45) is 2.52. The van der Waals surface area contributed by atoms with Crippen LogP contribution < -0.4 is 10.6 Å². The van der Waals surface area contributed by atoms with Gasteiger partial charge in [0.05, 0.1) is 0 Å². The molecule has 5 heteroatoms. The number of rotatable bonds is 7. The van der Waals surface area contributed by atoms with Gasteiger partial charge in [0.1, 0.15) is 0 Å². The van der Waals surface area contributed by atoms with E-state index in [-0.39, 0.29) is 0 Å².